The van der Waals surface area contributed by atoms with Crippen molar-refractivity contribution < 1.29 is 18.7 Å². The summed E-state index contributed by atoms with van der Waals surface area (Å²) in [6, 6.07) is -0.209. The van der Waals surface area contributed by atoms with Crippen molar-refractivity contribution in [3.8, 4) is 0 Å². The molecule has 0 saturated carbocycles. The van der Waals surface area contributed by atoms with Gasteiger partial charge in [-0.3, -0.25) is 9.69 Å². The summed E-state index contributed by atoms with van der Waals surface area (Å²) in [5.41, 5.74) is 0. The number of rotatable bonds is 4. The van der Waals surface area contributed by atoms with Crippen molar-refractivity contribution in [3.63, 3.8) is 0 Å². The average Bonchev–Trinajstić information content (AvgIpc) is 2.30. The van der Waals surface area contributed by atoms with E-state index in [9.17, 15) is 13.6 Å². The first-order valence-electron chi connectivity index (χ1n) is 5.33. The molecule has 0 aromatic carbocycles. The van der Waals surface area contributed by atoms with Gasteiger partial charge in [0.25, 0.3) is 6.43 Å². The van der Waals surface area contributed by atoms with Gasteiger partial charge in [-0.2, -0.15) is 0 Å². The fourth-order valence-electron chi connectivity index (χ4n) is 2.09. The lowest BCUT2D eigenvalue weighted by Crippen LogP contribution is -2.39. The van der Waals surface area contributed by atoms with E-state index in [-0.39, 0.29) is 19.0 Å². The standard InChI is InChI=1S/C10H17F2NO2/c11-9(12)7-13-5-3-1-2-4-8(13)6-10(14)15/h8-9H,1-7H2,(H,14,15). The smallest absolute Gasteiger partial charge is 0.304 e. The van der Waals surface area contributed by atoms with Crippen LogP contribution in [-0.4, -0.2) is 41.5 Å². The molecule has 1 aliphatic heterocycles. The van der Waals surface area contributed by atoms with Crippen LogP contribution in [0.2, 0.25) is 0 Å². The number of carboxylic acid groups (broad SMARTS) is 1. The molecule has 0 aromatic heterocycles. The summed E-state index contributed by atoms with van der Waals surface area (Å²) < 4.78 is 24.5. The quantitative estimate of drug-likeness (QED) is 0.789. The van der Waals surface area contributed by atoms with Crippen LogP contribution in [0.1, 0.15) is 32.1 Å². The number of likely N-dealkylation sites (tertiary alicyclic amines) is 1. The summed E-state index contributed by atoms with van der Waals surface area (Å²) in [5.74, 6) is -0.902. The summed E-state index contributed by atoms with van der Waals surface area (Å²) in [6.07, 6.45) is 1.17. The number of carboxylic acids is 1. The van der Waals surface area contributed by atoms with Crippen LogP contribution in [0.4, 0.5) is 8.78 Å². The molecule has 88 valence electrons. The van der Waals surface area contributed by atoms with Crippen molar-refractivity contribution in [2.75, 3.05) is 13.1 Å². The van der Waals surface area contributed by atoms with Gasteiger partial charge in [-0.1, -0.05) is 12.8 Å². The van der Waals surface area contributed by atoms with Crippen LogP contribution < -0.4 is 0 Å². The molecule has 1 N–H and O–H groups in total. The maximum absolute atomic E-state index is 12.3. The predicted octanol–water partition coefficient (Wildman–Crippen LogP) is 1.97. The summed E-state index contributed by atoms with van der Waals surface area (Å²) in [5, 5.41) is 8.70. The molecule has 0 aliphatic carbocycles. The van der Waals surface area contributed by atoms with Crippen molar-refractivity contribution in [2.45, 2.75) is 44.6 Å². The van der Waals surface area contributed by atoms with E-state index in [1.54, 1.807) is 4.90 Å². The van der Waals surface area contributed by atoms with Gasteiger partial charge in [0.1, 0.15) is 0 Å². The Morgan fingerprint density at radius 3 is 2.73 bits per heavy atom. The Morgan fingerprint density at radius 2 is 2.13 bits per heavy atom. The van der Waals surface area contributed by atoms with Crippen molar-refractivity contribution >= 4 is 5.97 Å². The molecule has 1 atom stereocenters. The fourth-order valence-corrected chi connectivity index (χ4v) is 2.09. The molecule has 5 heteroatoms. The number of nitrogens with zero attached hydrogens (tertiary/aromatic N) is 1. The number of alkyl halides is 2. The molecule has 0 spiro atoms. The van der Waals surface area contributed by atoms with Gasteiger partial charge in [0.15, 0.2) is 0 Å². The Balaban J connectivity index is 2.54. The van der Waals surface area contributed by atoms with Crippen LogP contribution >= 0.6 is 0 Å². The molecule has 3 nitrogen and oxygen atoms in total. The monoisotopic (exact) mass is 221 g/mol. The van der Waals surface area contributed by atoms with E-state index < -0.39 is 12.4 Å². The van der Waals surface area contributed by atoms with E-state index in [2.05, 4.69) is 0 Å². The van der Waals surface area contributed by atoms with E-state index in [4.69, 9.17) is 5.11 Å². The topological polar surface area (TPSA) is 40.5 Å². The van der Waals surface area contributed by atoms with Crippen molar-refractivity contribution in [1.82, 2.24) is 4.90 Å². The van der Waals surface area contributed by atoms with E-state index in [0.717, 1.165) is 25.7 Å². The SMILES string of the molecule is O=C(O)CC1CCCCCN1CC(F)F. The van der Waals surface area contributed by atoms with Crippen LogP contribution in [0.5, 0.6) is 0 Å². The molecule has 1 heterocycles. The normalized spacial score (nSPS) is 24.1. The zero-order valence-electron chi connectivity index (χ0n) is 8.66. The summed E-state index contributed by atoms with van der Waals surface area (Å²) in [6.45, 7) is 0.306. The van der Waals surface area contributed by atoms with E-state index in [1.807, 2.05) is 0 Å². The third-order valence-electron chi connectivity index (χ3n) is 2.78. The van der Waals surface area contributed by atoms with Crippen molar-refractivity contribution in [2.24, 2.45) is 0 Å². The largest absolute Gasteiger partial charge is 0.481 e. The Hall–Kier alpha value is -0.710. The lowest BCUT2D eigenvalue weighted by Gasteiger charge is -2.28. The molecule has 0 bridgehead atoms. The summed E-state index contributed by atoms with van der Waals surface area (Å²) in [4.78, 5) is 12.2. The second kappa shape index (κ2) is 6.00. The number of carbonyl (C=O) groups is 1. The summed E-state index contributed by atoms with van der Waals surface area (Å²) in [7, 11) is 0. The minimum atomic E-state index is -2.38. The predicted molar refractivity (Wildman–Crippen MR) is 52.1 cm³/mol. The summed E-state index contributed by atoms with van der Waals surface area (Å²) >= 11 is 0. The van der Waals surface area contributed by atoms with Gasteiger partial charge < -0.3 is 5.11 Å². The second-order valence-corrected chi connectivity index (χ2v) is 3.99. The third-order valence-corrected chi connectivity index (χ3v) is 2.78. The molecule has 0 amide bonds. The number of aliphatic carboxylic acids is 1. The Kier molecular flexibility index (Phi) is 4.94. The van der Waals surface area contributed by atoms with Crippen molar-refractivity contribution in [3.05, 3.63) is 0 Å². The lowest BCUT2D eigenvalue weighted by molar-refractivity contribution is -0.138. The van der Waals surface area contributed by atoms with Crippen LogP contribution in [0.25, 0.3) is 0 Å². The zero-order chi connectivity index (χ0) is 11.3. The Morgan fingerprint density at radius 1 is 1.40 bits per heavy atom. The molecule has 1 unspecified atom stereocenters. The van der Waals surface area contributed by atoms with E-state index in [0.29, 0.717) is 6.54 Å². The van der Waals surface area contributed by atoms with Gasteiger partial charge in [0.2, 0.25) is 0 Å². The molecule has 1 fully saturated rings. The van der Waals surface area contributed by atoms with Gasteiger partial charge in [0.05, 0.1) is 13.0 Å². The molecule has 1 saturated heterocycles. The van der Waals surface area contributed by atoms with Gasteiger partial charge in [-0.25, -0.2) is 8.78 Å². The highest BCUT2D eigenvalue weighted by atomic mass is 19.3. The maximum Gasteiger partial charge on any atom is 0.304 e. The molecule has 1 rings (SSSR count). The van der Waals surface area contributed by atoms with Crippen LogP contribution in [0.15, 0.2) is 0 Å². The van der Waals surface area contributed by atoms with Crippen LogP contribution in [0, 0.1) is 0 Å². The zero-order valence-corrected chi connectivity index (χ0v) is 8.66. The van der Waals surface area contributed by atoms with E-state index in [1.165, 1.54) is 0 Å². The first kappa shape index (κ1) is 12.4. The highest BCUT2D eigenvalue weighted by Gasteiger charge is 2.25. The number of halogens is 2. The van der Waals surface area contributed by atoms with Crippen LogP contribution in [-0.2, 0) is 4.79 Å². The van der Waals surface area contributed by atoms with Crippen molar-refractivity contribution in [1.29, 1.82) is 0 Å². The van der Waals surface area contributed by atoms with Gasteiger partial charge in [-0.15, -0.1) is 0 Å². The number of hydrogen-bond acceptors (Lipinski definition) is 2. The lowest BCUT2D eigenvalue weighted by atomic mass is 10.1. The second-order valence-electron chi connectivity index (χ2n) is 3.99. The number of hydrogen-bond donors (Lipinski definition) is 1. The Bertz CT molecular complexity index is 212. The average molecular weight is 221 g/mol. The molecule has 1 aliphatic rings. The third kappa shape index (κ3) is 4.55. The Labute approximate surface area is 88.1 Å². The molecule has 0 aromatic rings. The fraction of sp³-hybridized carbons (Fsp3) is 0.900. The highest BCUT2D eigenvalue weighted by molar-refractivity contribution is 5.67. The minimum absolute atomic E-state index is 0.0211. The van der Waals surface area contributed by atoms with Gasteiger partial charge in [0, 0.05) is 6.04 Å². The van der Waals surface area contributed by atoms with Crippen LogP contribution in [0.3, 0.4) is 0 Å². The van der Waals surface area contributed by atoms with Gasteiger partial charge in [-0.05, 0) is 19.4 Å². The highest BCUT2D eigenvalue weighted by Crippen LogP contribution is 2.20. The first-order valence-corrected chi connectivity index (χ1v) is 5.33. The molecule has 0 radical (unpaired) electrons. The van der Waals surface area contributed by atoms with Gasteiger partial charge >= 0.3 is 5.97 Å². The maximum atomic E-state index is 12.3. The first-order chi connectivity index (χ1) is 7.09. The minimum Gasteiger partial charge on any atom is -0.481 e. The molecular weight excluding hydrogens is 204 g/mol. The molecular formula is C10H17F2NO2. The van der Waals surface area contributed by atoms with E-state index >= 15 is 0 Å². The molecule has 15 heavy (non-hydrogen) atoms.